The predicted octanol–water partition coefficient (Wildman–Crippen LogP) is 4.58. The van der Waals surface area contributed by atoms with Gasteiger partial charge in [0.15, 0.2) is 0 Å². The van der Waals surface area contributed by atoms with Gasteiger partial charge >= 0.3 is 0 Å². The molecule has 29 heavy (non-hydrogen) atoms. The Bertz CT molecular complexity index is 1000. The smallest absolute Gasteiger partial charge is 0.233 e. The van der Waals surface area contributed by atoms with Crippen molar-refractivity contribution in [2.24, 2.45) is 0 Å². The van der Waals surface area contributed by atoms with Crippen LogP contribution in [-0.2, 0) is 0 Å². The lowest BCUT2D eigenvalue weighted by Gasteiger charge is -2.17. The molecule has 0 saturated carbocycles. The number of methoxy groups -OCH3 is 1. The summed E-state index contributed by atoms with van der Waals surface area (Å²) in [6.45, 7) is 6.13. The number of hydrogen-bond donors (Lipinski definition) is 2. The van der Waals surface area contributed by atoms with E-state index < -0.39 is 0 Å². The quantitative estimate of drug-likeness (QED) is 0.638. The van der Waals surface area contributed by atoms with E-state index in [4.69, 9.17) is 4.74 Å². The monoisotopic (exact) mass is 390 g/mol. The molecular formula is C22H26N6O. The number of nitrogens with one attached hydrogen (secondary N) is 2. The average molecular weight is 390 g/mol. The Labute approximate surface area is 171 Å². The van der Waals surface area contributed by atoms with Gasteiger partial charge in [0.25, 0.3) is 0 Å². The summed E-state index contributed by atoms with van der Waals surface area (Å²) in [5.41, 5.74) is 4.29. The highest BCUT2D eigenvalue weighted by Gasteiger charge is 2.18. The van der Waals surface area contributed by atoms with Crippen LogP contribution in [0.5, 0.6) is 5.75 Å². The minimum absolute atomic E-state index is 0.501. The lowest BCUT2D eigenvalue weighted by Crippen LogP contribution is -2.21. The fraction of sp³-hybridized carbons (Fsp3) is 0.318. The molecule has 0 amide bonds. The summed E-state index contributed by atoms with van der Waals surface area (Å²) in [6, 6.07) is 13.9. The molecule has 7 nitrogen and oxygen atoms in total. The molecule has 2 aromatic carbocycles. The van der Waals surface area contributed by atoms with Crippen LogP contribution in [0.4, 0.5) is 29.2 Å². The zero-order valence-electron chi connectivity index (χ0n) is 17.1. The third kappa shape index (κ3) is 4.56. The molecule has 0 bridgehead atoms. The standard InChI is InChI=1S/C22H26N6O/c1-15-9-10-18(13-16(15)2)24-21-25-20(23-17-7-6-8-19(14-17)29-3)26-22(27-21)28-11-4-5-12-28/h6-10,13-14H,4-5,11-12H2,1-3H3,(H2,23,24,25,26,27). The van der Waals surface area contributed by atoms with Gasteiger partial charge in [-0.25, -0.2) is 0 Å². The van der Waals surface area contributed by atoms with Gasteiger partial charge in [0.05, 0.1) is 7.11 Å². The number of hydrogen-bond acceptors (Lipinski definition) is 7. The molecule has 0 spiro atoms. The van der Waals surface area contributed by atoms with Gasteiger partial charge in [0.2, 0.25) is 17.8 Å². The average Bonchev–Trinajstić information content (AvgIpc) is 3.26. The fourth-order valence-electron chi connectivity index (χ4n) is 3.31. The van der Waals surface area contributed by atoms with E-state index in [1.807, 2.05) is 30.3 Å². The SMILES string of the molecule is COc1cccc(Nc2nc(Nc3ccc(C)c(C)c3)nc(N3CCCC3)n2)c1. The maximum absolute atomic E-state index is 5.31. The van der Waals surface area contributed by atoms with Crippen LogP contribution in [0.3, 0.4) is 0 Å². The van der Waals surface area contributed by atoms with Crippen molar-refractivity contribution in [1.29, 1.82) is 0 Å². The summed E-state index contributed by atoms with van der Waals surface area (Å²) in [7, 11) is 1.65. The Morgan fingerprint density at radius 3 is 2.17 bits per heavy atom. The van der Waals surface area contributed by atoms with E-state index in [1.54, 1.807) is 7.11 Å². The van der Waals surface area contributed by atoms with Crippen LogP contribution >= 0.6 is 0 Å². The molecule has 1 saturated heterocycles. The van der Waals surface area contributed by atoms with Crippen molar-refractivity contribution in [2.45, 2.75) is 26.7 Å². The molecule has 0 radical (unpaired) electrons. The largest absolute Gasteiger partial charge is 0.497 e. The van der Waals surface area contributed by atoms with Gasteiger partial charge < -0.3 is 20.3 Å². The van der Waals surface area contributed by atoms with E-state index >= 15 is 0 Å². The van der Waals surface area contributed by atoms with E-state index in [0.717, 1.165) is 43.1 Å². The summed E-state index contributed by atoms with van der Waals surface area (Å²) in [4.78, 5) is 16.1. The van der Waals surface area contributed by atoms with Crippen molar-refractivity contribution in [3.05, 3.63) is 53.6 Å². The Morgan fingerprint density at radius 1 is 0.828 bits per heavy atom. The molecule has 3 aromatic rings. The topological polar surface area (TPSA) is 75.2 Å². The Kier molecular flexibility index (Phi) is 5.46. The lowest BCUT2D eigenvalue weighted by molar-refractivity contribution is 0.415. The zero-order chi connectivity index (χ0) is 20.2. The molecule has 0 atom stereocenters. The summed E-state index contributed by atoms with van der Waals surface area (Å²) in [6.07, 6.45) is 2.31. The van der Waals surface area contributed by atoms with Crippen LogP contribution in [0, 0.1) is 13.8 Å². The molecule has 150 valence electrons. The fourth-order valence-corrected chi connectivity index (χ4v) is 3.31. The third-order valence-corrected chi connectivity index (χ3v) is 5.10. The summed E-state index contributed by atoms with van der Waals surface area (Å²) < 4.78 is 5.31. The molecule has 1 aromatic heterocycles. The van der Waals surface area contributed by atoms with Crippen molar-refractivity contribution in [1.82, 2.24) is 15.0 Å². The van der Waals surface area contributed by atoms with Crippen LogP contribution in [-0.4, -0.2) is 35.2 Å². The van der Waals surface area contributed by atoms with Gasteiger partial charge in [-0.05, 0) is 62.1 Å². The van der Waals surface area contributed by atoms with Crippen LogP contribution in [0.15, 0.2) is 42.5 Å². The predicted molar refractivity (Wildman–Crippen MR) is 117 cm³/mol. The van der Waals surface area contributed by atoms with Crippen molar-refractivity contribution >= 4 is 29.2 Å². The van der Waals surface area contributed by atoms with Crippen LogP contribution in [0.2, 0.25) is 0 Å². The molecule has 1 fully saturated rings. The molecule has 4 rings (SSSR count). The minimum atomic E-state index is 0.501. The Balaban J connectivity index is 1.65. The van der Waals surface area contributed by atoms with Crippen molar-refractivity contribution < 1.29 is 4.74 Å². The van der Waals surface area contributed by atoms with E-state index in [-0.39, 0.29) is 0 Å². The van der Waals surface area contributed by atoms with Gasteiger partial charge in [-0.15, -0.1) is 0 Å². The van der Waals surface area contributed by atoms with Gasteiger partial charge in [0.1, 0.15) is 5.75 Å². The first-order valence-electron chi connectivity index (χ1n) is 9.87. The maximum atomic E-state index is 5.31. The molecule has 2 N–H and O–H groups in total. The highest BCUT2D eigenvalue weighted by atomic mass is 16.5. The maximum Gasteiger partial charge on any atom is 0.233 e. The van der Waals surface area contributed by atoms with E-state index in [1.165, 1.54) is 11.1 Å². The first-order chi connectivity index (χ1) is 14.1. The number of ether oxygens (including phenoxy) is 1. The van der Waals surface area contributed by atoms with Gasteiger partial charge in [-0.3, -0.25) is 0 Å². The molecule has 7 heteroatoms. The van der Waals surface area contributed by atoms with Crippen molar-refractivity contribution in [2.75, 3.05) is 35.7 Å². The number of nitrogens with zero attached hydrogens (tertiary/aromatic N) is 4. The Morgan fingerprint density at radius 2 is 1.52 bits per heavy atom. The first kappa shape index (κ1) is 19.0. The third-order valence-electron chi connectivity index (χ3n) is 5.10. The van der Waals surface area contributed by atoms with Crippen LogP contribution in [0.1, 0.15) is 24.0 Å². The second-order valence-corrected chi connectivity index (χ2v) is 7.26. The highest BCUT2D eigenvalue weighted by Crippen LogP contribution is 2.25. The molecular weight excluding hydrogens is 364 g/mol. The van der Waals surface area contributed by atoms with Crippen molar-refractivity contribution in [3.63, 3.8) is 0 Å². The number of aryl methyl sites for hydroxylation is 2. The van der Waals surface area contributed by atoms with Crippen molar-refractivity contribution in [3.8, 4) is 5.75 Å². The highest BCUT2D eigenvalue weighted by molar-refractivity contribution is 5.61. The van der Waals surface area contributed by atoms with Gasteiger partial charge in [0, 0.05) is 30.5 Å². The lowest BCUT2D eigenvalue weighted by atomic mass is 10.1. The van der Waals surface area contributed by atoms with Gasteiger partial charge in [-0.2, -0.15) is 15.0 Å². The summed E-state index contributed by atoms with van der Waals surface area (Å²) in [5.74, 6) is 2.49. The van der Waals surface area contributed by atoms with E-state index in [0.29, 0.717) is 17.8 Å². The first-order valence-corrected chi connectivity index (χ1v) is 9.87. The second-order valence-electron chi connectivity index (χ2n) is 7.26. The molecule has 0 unspecified atom stereocenters. The number of rotatable bonds is 6. The van der Waals surface area contributed by atoms with Crippen LogP contribution in [0.25, 0.3) is 0 Å². The number of aromatic nitrogens is 3. The van der Waals surface area contributed by atoms with E-state index in [9.17, 15) is 0 Å². The molecule has 2 heterocycles. The van der Waals surface area contributed by atoms with Crippen LogP contribution < -0.4 is 20.3 Å². The zero-order valence-corrected chi connectivity index (χ0v) is 17.1. The number of benzene rings is 2. The second kappa shape index (κ2) is 8.34. The summed E-state index contributed by atoms with van der Waals surface area (Å²) >= 11 is 0. The van der Waals surface area contributed by atoms with Gasteiger partial charge in [-0.1, -0.05) is 12.1 Å². The molecule has 1 aliphatic rings. The minimum Gasteiger partial charge on any atom is -0.497 e. The number of anilines is 5. The molecule has 0 aliphatic carbocycles. The Hall–Kier alpha value is -3.35. The van der Waals surface area contributed by atoms with E-state index in [2.05, 4.69) is 56.5 Å². The molecule has 1 aliphatic heterocycles. The normalized spacial score (nSPS) is 13.4. The summed E-state index contributed by atoms with van der Waals surface area (Å²) in [5, 5.41) is 6.61.